The smallest absolute Gasteiger partial charge is 0.0960 e. The first-order valence-electron chi connectivity index (χ1n) is 5.11. The van der Waals surface area contributed by atoms with E-state index in [-0.39, 0.29) is 0 Å². The molecule has 1 N–H and O–H groups in total. The summed E-state index contributed by atoms with van der Waals surface area (Å²) in [6, 6.07) is 6.74. The summed E-state index contributed by atoms with van der Waals surface area (Å²) in [4.78, 5) is 4.30. The first-order chi connectivity index (χ1) is 6.90. The van der Waals surface area contributed by atoms with Crippen molar-refractivity contribution in [3.8, 4) is 0 Å². The summed E-state index contributed by atoms with van der Waals surface area (Å²) in [5, 5.41) is 4.52. The van der Waals surface area contributed by atoms with Crippen LogP contribution in [0.4, 0.5) is 0 Å². The molecule has 3 heteroatoms. The average molecular weight is 208 g/mol. The third-order valence-corrected chi connectivity index (χ3v) is 3.67. The molecule has 1 heterocycles. The van der Waals surface area contributed by atoms with Gasteiger partial charge in [-0.1, -0.05) is 6.07 Å². The van der Waals surface area contributed by atoms with E-state index in [1.165, 1.54) is 12.8 Å². The number of thioether (sulfide) groups is 1. The van der Waals surface area contributed by atoms with Crippen LogP contribution >= 0.6 is 11.8 Å². The van der Waals surface area contributed by atoms with E-state index in [0.29, 0.717) is 6.04 Å². The highest BCUT2D eigenvalue weighted by Gasteiger charge is 2.29. The average Bonchev–Trinajstić information content (AvgIpc) is 3.05. The molecule has 1 saturated carbocycles. The highest BCUT2D eigenvalue weighted by atomic mass is 32.2. The van der Waals surface area contributed by atoms with Crippen molar-refractivity contribution in [1.29, 1.82) is 0 Å². The summed E-state index contributed by atoms with van der Waals surface area (Å²) in [5.74, 6) is 2.05. The molecule has 0 aliphatic heterocycles. The predicted molar refractivity (Wildman–Crippen MR) is 60.5 cm³/mol. The molecular weight excluding hydrogens is 192 g/mol. The second kappa shape index (κ2) is 4.80. The Morgan fingerprint density at radius 2 is 2.43 bits per heavy atom. The zero-order valence-electron chi connectivity index (χ0n) is 8.44. The lowest BCUT2D eigenvalue weighted by molar-refractivity contribution is 0.553. The topological polar surface area (TPSA) is 24.9 Å². The molecule has 0 spiro atoms. The summed E-state index contributed by atoms with van der Waals surface area (Å²) in [7, 11) is 2.06. The molecule has 1 aromatic rings. The minimum absolute atomic E-state index is 0.669. The van der Waals surface area contributed by atoms with Gasteiger partial charge in [0.15, 0.2) is 0 Å². The molecule has 1 unspecified atom stereocenters. The van der Waals surface area contributed by atoms with Crippen LogP contribution in [0.5, 0.6) is 0 Å². The SMILES string of the molecule is CNC(CSc1ccccn1)C1CC1. The number of hydrogen-bond acceptors (Lipinski definition) is 3. The number of rotatable bonds is 5. The molecular formula is C11H16N2S. The summed E-state index contributed by atoms with van der Waals surface area (Å²) < 4.78 is 0. The lowest BCUT2D eigenvalue weighted by atomic mass is 10.2. The van der Waals surface area contributed by atoms with Gasteiger partial charge in [-0.15, -0.1) is 11.8 Å². The van der Waals surface area contributed by atoms with Crippen molar-refractivity contribution in [2.75, 3.05) is 12.8 Å². The Morgan fingerprint density at radius 3 is 3.00 bits per heavy atom. The normalized spacial score (nSPS) is 18.1. The van der Waals surface area contributed by atoms with Crippen molar-refractivity contribution in [3.05, 3.63) is 24.4 Å². The van der Waals surface area contributed by atoms with E-state index in [0.717, 1.165) is 16.7 Å². The van der Waals surface area contributed by atoms with Gasteiger partial charge in [0.25, 0.3) is 0 Å². The maximum atomic E-state index is 4.30. The van der Waals surface area contributed by atoms with Gasteiger partial charge in [0.2, 0.25) is 0 Å². The van der Waals surface area contributed by atoms with Gasteiger partial charge in [-0.05, 0) is 37.9 Å². The first kappa shape index (κ1) is 9.99. The fraction of sp³-hybridized carbons (Fsp3) is 0.545. The minimum atomic E-state index is 0.669. The fourth-order valence-corrected chi connectivity index (χ4v) is 2.66. The molecule has 1 aliphatic rings. The van der Waals surface area contributed by atoms with Gasteiger partial charge >= 0.3 is 0 Å². The van der Waals surface area contributed by atoms with Crippen LogP contribution in [0.25, 0.3) is 0 Å². The van der Waals surface area contributed by atoms with Crippen molar-refractivity contribution < 1.29 is 0 Å². The molecule has 76 valence electrons. The van der Waals surface area contributed by atoms with Crippen molar-refractivity contribution in [2.24, 2.45) is 5.92 Å². The van der Waals surface area contributed by atoms with Gasteiger partial charge < -0.3 is 5.32 Å². The number of pyridine rings is 1. The van der Waals surface area contributed by atoms with E-state index in [9.17, 15) is 0 Å². The van der Waals surface area contributed by atoms with Crippen LogP contribution in [0, 0.1) is 5.92 Å². The third kappa shape index (κ3) is 2.72. The molecule has 1 aliphatic carbocycles. The zero-order valence-corrected chi connectivity index (χ0v) is 9.26. The lowest BCUT2D eigenvalue weighted by Gasteiger charge is -2.13. The summed E-state index contributed by atoms with van der Waals surface area (Å²) >= 11 is 1.85. The van der Waals surface area contributed by atoms with Gasteiger partial charge in [-0.2, -0.15) is 0 Å². The van der Waals surface area contributed by atoms with Gasteiger partial charge in [-0.3, -0.25) is 0 Å². The summed E-state index contributed by atoms with van der Waals surface area (Å²) in [5.41, 5.74) is 0. The van der Waals surface area contributed by atoms with E-state index >= 15 is 0 Å². The van der Waals surface area contributed by atoms with Crippen molar-refractivity contribution in [2.45, 2.75) is 23.9 Å². The molecule has 2 rings (SSSR count). The predicted octanol–water partition coefficient (Wildman–Crippen LogP) is 2.17. The Labute approximate surface area is 89.5 Å². The van der Waals surface area contributed by atoms with Crippen molar-refractivity contribution in [1.82, 2.24) is 10.3 Å². The minimum Gasteiger partial charge on any atom is -0.316 e. The third-order valence-electron chi connectivity index (χ3n) is 2.61. The Bertz CT molecular complexity index is 272. The molecule has 14 heavy (non-hydrogen) atoms. The Morgan fingerprint density at radius 1 is 1.57 bits per heavy atom. The molecule has 1 atom stereocenters. The van der Waals surface area contributed by atoms with Gasteiger partial charge in [0.05, 0.1) is 5.03 Å². The highest BCUT2D eigenvalue weighted by Crippen LogP contribution is 2.34. The summed E-state index contributed by atoms with van der Waals surface area (Å²) in [6.07, 6.45) is 4.65. The largest absolute Gasteiger partial charge is 0.316 e. The van der Waals surface area contributed by atoms with Crippen LogP contribution in [0.1, 0.15) is 12.8 Å². The maximum Gasteiger partial charge on any atom is 0.0960 e. The Hall–Kier alpha value is -0.540. The van der Waals surface area contributed by atoms with Crippen LogP contribution < -0.4 is 5.32 Å². The zero-order chi connectivity index (χ0) is 9.80. The summed E-state index contributed by atoms with van der Waals surface area (Å²) in [6.45, 7) is 0. The van der Waals surface area contributed by atoms with Crippen LogP contribution in [-0.4, -0.2) is 23.8 Å². The van der Waals surface area contributed by atoms with E-state index in [4.69, 9.17) is 0 Å². The Balaban J connectivity index is 1.81. The standard InChI is InChI=1S/C11H16N2S/c1-12-10(9-5-6-9)8-14-11-4-2-3-7-13-11/h2-4,7,9-10,12H,5-6,8H2,1H3. The van der Waals surface area contributed by atoms with E-state index in [2.05, 4.69) is 23.4 Å². The van der Waals surface area contributed by atoms with Crippen LogP contribution in [0.3, 0.4) is 0 Å². The van der Waals surface area contributed by atoms with Crippen LogP contribution in [-0.2, 0) is 0 Å². The molecule has 0 saturated heterocycles. The molecule has 1 aromatic heterocycles. The second-order valence-electron chi connectivity index (χ2n) is 3.71. The van der Waals surface area contributed by atoms with E-state index < -0.39 is 0 Å². The van der Waals surface area contributed by atoms with Gasteiger partial charge in [-0.25, -0.2) is 4.98 Å². The van der Waals surface area contributed by atoms with Crippen LogP contribution in [0.2, 0.25) is 0 Å². The molecule has 0 aromatic carbocycles. The molecule has 0 radical (unpaired) electrons. The quantitative estimate of drug-likeness (QED) is 0.751. The molecule has 1 fully saturated rings. The van der Waals surface area contributed by atoms with Crippen molar-refractivity contribution >= 4 is 11.8 Å². The number of nitrogens with zero attached hydrogens (tertiary/aromatic N) is 1. The lowest BCUT2D eigenvalue weighted by Crippen LogP contribution is -2.29. The monoisotopic (exact) mass is 208 g/mol. The fourth-order valence-electron chi connectivity index (χ4n) is 1.56. The van der Waals surface area contributed by atoms with E-state index in [1.54, 1.807) is 0 Å². The first-order valence-corrected chi connectivity index (χ1v) is 6.10. The molecule has 0 amide bonds. The molecule has 0 bridgehead atoms. The van der Waals surface area contributed by atoms with E-state index in [1.807, 2.05) is 30.1 Å². The number of nitrogens with one attached hydrogen (secondary N) is 1. The number of aromatic nitrogens is 1. The molecule has 2 nitrogen and oxygen atoms in total. The van der Waals surface area contributed by atoms with Crippen LogP contribution in [0.15, 0.2) is 29.4 Å². The maximum absolute atomic E-state index is 4.30. The van der Waals surface area contributed by atoms with Gasteiger partial charge in [0.1, 0.15) is 0 Å². The highest BCUT2D eigenvalue weighted by molar-refractivity contribution is 7.99. The Kier molecular flexibility index (Phi) is 3.43. The van der Waals surface area contributed by atoms with Gasteiger partial charge in [0, 0.05) is 18.0 Å². The van der Waals surface area contributed by atoms with Crippen molar-refractivity contribution in [3.63, 3.8) is 0 Å². The number of hydrogen-bond donors (Lipinski definition) is 1. The second-order valence-corrected chi connectivity index (χ2v) is 4.75.